The zero-order valence-electron chi connectivity index (χ0n) is 15.5. The van der Waals surface area contributed by atoms with E-state index in [9.17, 15) is 27.2 Å². The number of nitrogens with zero attached hydrogens (tertiary/aromatic N) is 1. The topological polar surface area (TPSA) is 65.2 Å². The summed E-state index contributed by atoms with van der Waals surface area (Å²) in [6.45, 7) is 1.60. The molecule has 0 aliphatic carbocycles. The molecule has 1 unspecified atom stereocenters. The molecule has 0 aliphatic rings. The van der Waals surface area contributed by atoms with E-state index in [1.807, 2.05) is 0 Å². The Bertz CT molecular complexity index is 1150. The number of carbonyl (C=O) groups excluding carboxylic acids is 1. The number of H-pyrrole nitrogens is 1. The average Bonchev–Trinajstić information content (AvgIpc) is 2.70. The van der Waals surface area contributed by atoms with Crippen molar-refractivity contribution in [3.63, 3.8) is 0 Å². The van der Waals surface area contributed by atoms with Gasteiger partial charge >= 0.3 is 6.03 Å². The molecule has 0 spiro atoms. The van der Waals surface area contributed by atoms with E-state index in [1.54, 1.807) is 6.92 Å². The molecule has 1 atom stereocenters. The van der Waals surface area contributed by atoms with Gasteiger partial charge in [0, 0.05) is 19.8 Å². The second-order valence-electron chi connectivity index (χ2n) is 6.55. The van der Waals surface area contributed by atoms with Crippen molar-refractivity contribution in [1.82, 2.24) is 15.2 Å². The van der Waals surface area contributed by atoms with Crippen LogP contribution in [0.25, 0.3) is 10.8 Å². The van der Waals surface area contributed by atoms with Crippen LogP contribution in [0.1, 0.15) is 24.1 Å². The number of urea groups is 1. The van der Waals surface area contributed by atoms with Crippen LogP contribution in [0, 0.1) is 23.3 Å². The van der Waals surface area contributed by atoms with Gasteiger partial charge in [-0.2, -0.15) is 0 Å². The number of rotatable bonds is 4. The van der Waals surface area contributed by atoms with Crippen LogP contribution in [-0.2, 0) is 6.54 Å². The molecule has 9 heteroatoms. The Labute approximate surface area is 163 Å². The first-order chi connectivity index (χ1) is 13.7. The fraction of sp³-hybridized carbons (Fsp3) is 0.200. The van der Waals surface area contributed by atoms with Crippen LogP contribution < -0.4 is 10.9 Å². The minimum absolute atomic E-state index is 0.0424. The summed E-state index contributed by atoms with van der Waals surface area (Å²) in [5.41, 5.74) is -0.00675. The van der Waals surface area contributed by atoms with Crippen LogP contribution in [0.15, 0.2) is 41.3 Å². The van der Waals surface area contributed by atoms with E-state index in [0.717, 1.165) is 18.2 Å². The lowest BCUT2D eigenvalue weighted by Crippen LogP contribution is -2.38. The molecular weight excluding hydrogens is 390 g/mol. The molecule has 2 amide bonds. The molecule has 152 valence electrons. The summed E-state index contributed by atoms with van der Waals surface area (Å²) < 4.78 is 53.8. The molecule has 0 radical (unpaired) electrons. The van der Waals surface area contributed by atoms with Gasteiger partial charge in [-0.05, 0) is 41.6 Å². The zero-order chi connectivity index (χ0) is 21.3. The molecule has 3 aromatic rings. The molecule has 0 bridgehead atoms. The molecule has 3 rings (SSSR count). The molecule has 1 heterocycles. The molecule has 0 saturated carbocycles. The van der Waals surface area contributed by atoms with Crippen molar-refractivity contribution < 1.29 is 22.4 Å². The number of amides is 2. The van der Waals surface area contributed by atoms with Crippen LogP contribution >= 0.6 is 0 Å². The van der Waals surface area contributed by atoms with Crippen molar-refractivity contribution in [3.05, 3.63) is 81.3 Å². The molecule has 5 nitrogen and oxygen atoms in total. The Morgan fingerprint density at radius 1 is 1.10 bits per heavy atom. The highest BCUT2D eigenvalue weighted by molar-refractivity contribution is 5.86. The van der Waals surface area contributed by atoms with Gasteiger partial charge < -0.3 is 15.2 Å². The number of benzene rings is 2. The minimum atomic E-state index is -1.26. The van der Waals surface area contributed by atoms with Gasteiger partial charge in [0.1, 0.15) is 0 Å². The quantitative estimate of drug-likeness (QED) is 0.643. The molecular formula is C20H17F4N3O2. The van der Waals surface area contributed by atoms with Gasteiger partial charge in [0.25, 0.3) is 5.56 Å². The normalized spacial score (nSPS) is 12.1. The Morgan fingerprint density at radius 2 is 1.79 bits per heavy atom. The van der Waals surface area contributed by atoms with Gasteiger partial charge in [-0.25, -0.2) is 22.4 Å². The van der Waals surface area contributed by atoms with E-state index in [4.69, 9.17) is 0 Å². The third-order valence-corrected chi connectivity index (χ3v) is 4.77. The summed E-state index contributed by atoms with van der Waals surface area (Å²) >= 11 is 0. The van der Waals surface area contributed by atoms with E-state index < -0.39 is 46.3 Å². The standard InChI is InChI=1S/C20H17F4N3O2/c1-10(13-9-25-19(28)17-12(13)4-6-15(22)18(17)24)27(2)20(29)26-8-11-3-5-14(21)16(23)7-11/h3-7,9-10H,8H2,1-2H3,(H,25,28)(H,26,29). The second kappa shape index (κ2) is 7.94. The Balaban J connectivity index is 1.82. The first kappa shape index (κ1) is 20.4. The van der Waals surface area contributed by atoms with E-state index in [2.05, 4.69) is 10.3 Å². The number of pyridine rings is 1. The van der Waals surface area contributed by atoms with Crippen molar-refractivity contribution in [2.75, 3.05) is 7.05 Å². The number of fused-ring (bicyclic) bond motifs is 1. The first-order valence-corrected chi connectivity index (χ1v) is 8.64. The summed E-state index contributed by atoms with van der Waals surface area (Å²) in [7, 11) is 1.47. The van der Waals surface area contributed by atoms with Crippen LogP contribution in [0.5, 0.6) is 0 Å². The lowest BCUT2D eigenvalue weighted by Gasteiger charge is -2.26. The number of hydrogen-bond acceptors (Lipinski definition) is 2. The van der Waals surface area contributed by atoms with Crippen LogP contribution in [0.3, 0.4) is 0 Å². The summed E-state index contributed by atoms with van der Waals surface area (Å²) in [6.07, 6.45) is 1.34. The maximum Gasteiger partial charge on any atom is 0.317 e. The molecule has 0 fully saturated rings. The van der Waals surface area contributed by atoms with Crippen molar-refractivity contribution in [2.45, 2.75) is 19.5 Å². The molecule has 2 aromatic carbocycles. The third kappa shape index (κ3) is 3.94. The smallest absolute Gasteiger partial charge is 0.317 e. The van der Waals surface area contributed by atoms with Crippen LogP contribution in [0.4, 0.5) is 22.4 Å². The molecule has 2 N–H and O–H groups in total. The monoisotopic (exact) mass is 407 g/mol. The number of aromatic nitrogens is 1. The van der Waals surface area contributed by atoms with Crippen molar-refractivity contribution >= 4 is 16.8 Å². The summed E-state index contributed by atoms with van der Waals surface area (Å²) in [6, 6.07) is 4.32. The SMILES string of the molecule is CC(c1c[nH]c(=O)c2c(F)c(F)ccc12)N(C)C(=O)NCc1ccc(F)c(F)c1. The molecule has 1 aromatic heterocycles. The number of nitrogens with one attached hydrogen (secondary N) is 2. The summed E-state index contributed by atoms with van der Waals surface area (Å²) in [5.74, 6) is -4.42. The lowest BCUT2D eigenvalue weighted by atomic mass is 10.0. The molecule has 0 saturated heterocycles. The van der Waals surface area contributed by atoms with E-state index in [1.165, 1.54) is 30.3 Å². The lowest BCUT2D eigenvalue weighted by molar-refractivity contribution is 0.194. The Hall–Kier alpha value is -3.36. The van der Waals surface area contributed by atoms with Gasteiger partial charge in [0.05, 0.1) is 11.4 Å². The van der Waals surface area contributed by atoms with Gasteiger partial charge in [-0.3, -0.25) is 4.79 Å². The highest BCUT2D eigenvalue weighted by Crippen LogP contribution is 2.27. The third-order valence-electron chi connectivity index (χ3n) is 4.77. The predicted octanol–water partition coefficient (Wildman–Crippen LogP) is 3.99. The molecule has 0 aliphatic heterocycles. The van der Waals surface area contributed by atoms with E-state index in [-0.39, 0.29) is 11.9 Å². The Kier molecular flexibility index (Phi) is 5.58. The zero-order valence-corrected chi connectivity index (χ0v) is 15.5. The minimum Gasteiger partial charge on any atom is -0.334 e. The predicted molar refractivity (Wildman–Crippen MR) is 99.3 cm³/mol. The van der Waals surface area contributed by atoms with Gasteiger partial charge in [0.2, 0.25) is 0 Å². The average molecular weight is 407 g/mol. The maximum atomic E-state index is 14.1. The molecule has 29 heavy (non-hydrogen) atoms. The van der Waals surface area contributed by atoms with Gasteiger partial charge in [-0.15, -0.1) is 0 Å². The second-order valence-corrected chi connectivity index (χ2v) is 6.55. The van der Waals surface area contributed by atoms with Crippen molar-refractivity contribution in [3.8, 4) is 0 Å². The number of halogens is 4. The number of aromatic amines is 1. The Morgan fingerprint density at radius 3 is 2.48 bits per heavy atom. The van der Waals surface area contributed by atoms with Crippen LogP contribution in [0.2, 0.25) is 0 Å². The first-order valence-electron chi connectivity index (χ1n) is 8.64. The maximum absolute atomic E-state index is 14.1. The fourth-order valence-electron chi connectivity index (χ4n) is 2.99. The summed E-state index contributed by atoms with van der Waals surface area (Å²) in [4.78, 5) is 28.0. The fourth-order valence-corrected chi connectivity index (χ4v) is 2.99. The highest BCUT2D eigenvalue weighted by Gasteiger charge is 2.22. The summed E-state index contributed by atoms with van der Waals surface area (Å²) in [5, 5.41) is 2.32. The van der Waals surface area contributed by atoms with Crippen molar-refractivity contribution in [2.24, 2.45) is 0 Å². The van der Waals surface area contributed by atoms with Gasteiger partial charge in [-0.1, -0.05) is 12.1 Å². The van der Waals surface area contributed by atoms with Gasteiger partial charge in [0.15, 0.2) is 23.3 Å². The van der Waals surface area contributed by atoms with E-state index >= 15 is 0 Å². The van der Waals surface area contributed by atoms with E-state index in [0.29, 0.717) is 11.1 Å². The largest absolute Gasteiger partial charge is 0.334 e. The number of hydrogen-bond donors (Lipinski definition) is 2. The van der Waals surface area contributed by atoms with Crippen molar-refractivity contribution in [1.29, 1.82) is 0 Å². The van der Waals surface area contributed by atoms with Crippen LogP contribution in [-0.4, -0.2) is 23.0 Å². The number of carbonyl (C=O) groups is 1. The highest BCUT2D eigenvalue weighted by atomic mass is 19.2.